The maximum absolute atomic E-state index is 13.1. The molecule has 5 heteroatoms. The Morgan fingerprint density at radius 1 is 0.967 bits per heavy atom. The molecule has 1 aromatic heterocycles. The van der Waals surface area contributed by atoms with Crippen LogP contribution in [0.1, 0.15) is 28.9 Å². The van der Waals surface area contributed by atoms with Crippen molar-refractivity contribution in [3.05, 3.63) is 65.0 Å². The highest BCUT2D eigenvalue weighted by Gasteiger charge is 2.67. The molecule has 3 fully saturated rings. The third kappa shape index (κ3) is 2.32. The van der Waals surface area contributed by atoms with Gasteiger partial charge in [0, 0.05) is 22.6 Å². The van der Waals surface area contributed by atoms with Gasteiger partial charge in [-0.2, -0.15) is 10.1 Å². The van der Waals surface area contributed by atoms with Crippen LogP contribution in [0.25, 0.3) is 5.69 Å². The summed E-state index contributed by atoms with van der Waals surface area (Å²) in [7, 11) is 0. The van der Waals surface area contributed by atoms with E-state index < -0.39 is 0 Å². The fourth-order valence-corrected chi connectivity index (χ4v) is 6.26. The molecule has 1 saturated heterocycles. The van der Waals surface area contributed by atoms with Crippen molar-refractivity contribution in [1.29, 1.82) is 0 Å². The molecule has 2 bridgehead atoms. The Morgan fingerprint density at radius 2 is 1.63 bits per heavy atom. The summed E-state index contributed by atoms with van der Waals surface area (Å²) >= 11 is 0. The van der Waals surface area contributed by atoms with Crippen molar-refractivity contribution in [3.63, 3.8) is 0 Å². The number of carbonyl (C=O) groups is 2. The molecule has 0 N–H and O–H groups in total. The van der Waals surface area contributed by atoms with Crippen molar-refractivity contribution < 1.29 is 9.59 Å². The third-order valence-electron chi connectivity index (χ3n) is 7.68. The third-order valence-corrected chi connectivity index (χ3v) is 7.68. The lowest BCUT2D eigenvalue weighted by atomic mass is 9.63. The van der Waals surface area contributed by atoms with E-state index in [4.69, 9.17) is 0 Å². The normalized spacial score (nSPS) is 33.5. The molecule has 4 aliphatic carbocycles. The van der Waals surface area contributed by atoms with Gasteiger partial charge in [-0.25, -0.2) is 0 Å². The molecule has 5 nitrogen and oxygen atoms in total. The quantitative estimate of drug-likeness (QED) is 0.448. The number of nitrogens with zero attached hydrogens (tertiary/aromatic N) is 3. The molecule has 1 aliphatic heterocycles. The minimum Gasteiger partial charge on any atom is -0.318 e. The van der Waals surface area contributed by atoms with Crippen molar-refractivity contribution in [3.8, 4) is 5.69 Å². The van der Waals surface area contributed by atoms with Crippen LogP contribution in [-0.2, 0) is 9.59 Å². The standard InChI is InChI=1S/C25H25N3O2/c1-13-5-4-6-17(9-13)27-14(2)10-16(15(27)3)12-26-28-24(29)22-18-7-8-19(21-11-20(18)21)23(22)25(28)30/h4-10,12,18-23H,11H2,1-3H3/b26-12-/t18-,19-,20-,21-,22-,23+/m0/s1. The van der Waals surface area contributed by atoms with Crippen molar-refractivity contribution in [2.45, 2.75) is 27.2 Å². The summed E-state index contributed by atoms with van der Waals surface area (Å²) in [6.45, 7) is 6.18. The van der Waals surface area contributed by atoms with Gasteiger partial charge in [-0.15, -0.1) is 0 Å². The number of amides is 2. The smallest absolute Gasteiger partial charge is 0.254 e. The summed E-state index contributed by atoms with van der Waals surface area (Å²) in [6.07, 6.45) is 7.23. The number of rotatable bonds is 3. The second kappa shape index (κ2) is 6.03. The molecule has 6 atom stereocenters. The Hall–Kier alpha value is -2.95. The van der Waals surface area contributed by atoms with Gasteiger partial charge >= 0.3 is 0 Å². The Bertz CT molecular complexity index is 1120. The molecule has 0 spiro atoms. The summed E-state index contributed by atoms with van der Waals surface area (Å²) in [5.74, 6) is 1.05. The Balaban J connectivity index is 1.31. The van der Waals surface area contributed by atoms with E-state index in [9.17, 15) is 9.59 Å². The van der Waals surface area contributed by atoms with Gasteiger partial charge < -0.3 is 4.57 Å². The number of imide groups is 1. The molecule has 0 radical (unpaired) electrons. The molecule has 7 rings (SSSR count). The monoisotopic (exact) mass is 399 g/mol. The van der Waals surface area contributed by atoms with Gasteiger partial charge in [0.15, 0.2) is 0 Å². The first-order valence-electron chi connectivity index (χ1n) is 10.8. The van der Waals surface area contributed by atoms with Gasteiger partial charge in [0.1, 0.15) is 0 Å². The number of hydrogen-bond donors (Lipinski definition) is 0. The van der Waals surface area contributed by atoms with Crippen LogP contribution >= 0.6 is 0 Å². The van der Waals surface area contributed by atoms with E-state index in [2.05, 4.69) is 59.9 Å². The summed E-state index contributed by atoms with van der Waals surface area (Å²) in [5.41, 5.74) is 5.36. The predicted molar refractivity (Wildman–Crippen MR) is 114 cm³/mol. The summed E-state index contributed by atoms with van der Waals surface area (Å²) < 4.78 is 2.18. The van der Waals surface area contributed by atoms with Crippen molar-refractivity contribution in [1.82, 2.24) is 9.58 Å². The molecule has 2 saturated carbocycles. The lowest BCUT2D eigenvalue weighted by Gasteiger charge is -2.37. The van der Waals surface area contributed by atoms with Gasteiger partial charge in [-0.3, -0.25) is 9.59 Å². The van der Waals surface area contributed by atoms with Crippen LogP contribution in [0, 0.1) is 56.3 Å². The first-order chi connectivity index (χ1) is 14.5. The van der Waals surface area contributed by atoms with Crippen molar-refractivity contribution in [2.75, 3.05) is 0 Å². The summed E-state index contributed by atoms with van der Waals surface area (Å²) in [5, 5.41) is 5.57. The number of carbonyl (C=O) groups excluding carboxylic acids is 2. The van der Waals surface area contributed by atoms with Crippen molar-refractivity contribution in [2.24, 2.45) is 40.6 Å². The first kappa shape index (κ1) is 17.9. The van der Waals surface area contributed by atoms with E-state index in [1.54, 1.807) is 6.21 Å². The Kier molecular flexibility index (Phi) is 3.59. The second-order valence-electron chi connectivity index (χ2n) is 9.39. The molecular formula is C25H25N3O2. The maximum atomic E-state index is 13.1. The number of hydrazone groups is 1. The molecule has 30 heavy (non-hydrogen) atoms. The van der Waals surface area contributed by atoms with E-state index in [1.165, 1.54) is 12.0 Å². The minimum atomic E-state index is -0.201. The largest absolute Gasteiger partial charge is 0.318 e. The fraction of sp³-hybridized carbons (Fsp3) is 0.400. The fourth-order valence-electron chi connectivity index (χ4n) is 6.26. The lowest BCUT2D eigenvalue weighted by molar-refractivity contribution is -0.140. The zero-order valence-electron chi connectivity index (χ0n) is 17.4. The highest BCUT2D eigenvalue weighted by atomic mass is 16.2. The topological polar surface area (TPSA) is 54.7 Å². The van der Waals surface area contributed by atoms with Gasteiger partial charge in [0.25, 0.3) is 11.8 Å². The molecule has 2 aromatic rings. The zero-order chi connectivity index (χ0) is 20.7. The zero-order valence-corrected chi connectivity index (χ0v) is 17.4. The summed E-state index contributed by atoms with van der Waals surface area (Å²) in [4.78, 5) is 26.2. The van der Waals surface area contributed by atoms with Crippen LogP contribution in [0.15, 0.2) is 47.6 Å². The predicted octanol–water partition coefficient (Wildman–Crippen LogP) is 3.79. The number of benzene rings is 1. The van der Waals surface area contributed by atoms with E-state index in [1.807, 2.05) is 13.0 Å². The van der Waals surface area contributed by atoms with Gasteiger partial charge in [0.2, 0.25) is 0 Å². The molecule has 2 heterocycles. The van der Waals surface area contributed by atoms with E-state index >= 15 is 0 Å². The number of hydrogen-bond acceptors (Lipinski definition) is 3. The lowest BCUT2D eigenvalue weighted by Crippen LogP contribution is -2.40. The molecule has 1 aromatic carbocycles. The second-order valence-corrected chi connectivity index (χ2v) is 9.39. The number of aromatic nitrogens is 1. The Labute approximate surface area is 176 Å². The SMILES string of the molecule is Cc1cccc(-n2c(C)cc(/C=N\N3C(=O)[C@@H]4[C@H]5C=C[C@@H]([C@@H]6C[C@@H]56)[C@@H]4C3=O)c2C)c1. The number of aryl methyl sites for hydroxylation is 2. The van der Waals surface area contributed by atoms with Crippen LogP contribution in [0.5, 0.6) is 0 Å². The highest BCUT2D eigenvalue weighted by molar-refractivity contribution is 6.06. The molecular weight excluding hydrogens is 374 g/mol. The highest BCUT2D eigenvalue weighted by Crippen LogP contribution is 2.65. The van der Waals surface area contributed by atoms with Crippen LogP contribution in [-0.4, -0.2) is 27.6 Å². The number of allylic oxidation sites excluding steroid dienone is 2. The van der Waals surface area contributed by atoms with Crippen molar-refractivity contribution >= 4 is 18.0 Å². The van der Waals surface area contributed by atoms with Gasteiger partial charge in [-0.1, -0.05) is 24.3 Å². The van der Waals surface area contributed by atoms with Crippen LogP contribution < -0.4 is 0 Å². The Morgan fingerprint density at radius 3 is 2.27 bits per heavy atom. The van der Waals surface area contributed by atoms with Gasteiger partial charge in [0.05, 0.1) is 18.1 Å². The average molecular weight is 399 g/mol. The molecule has 2 amide bonds. The summed E-state index contributed by atoms with van der Waals surface area (Å²) in [6, 6.07) is 10.4. The van der Waals surface area contributed by atoms with E-state index in [0.29, 0.717) is 11.8 Å². The van der Waals surface area contributed by atoms with Crippen LogP contribution in [0.3, 0.4) is 0 Å². The minimum absolute atomic E-state index is 0.113. The van der Waals surface area contributed by atoms with Crippen LogP contribution in [0.4, 0.5) is 0 Å². The molecule has 0 unspecified atom stereocenters. The van der Waals surface area contributed by atoms with E-state index in [-0.39, 0.29) is 35.5 Å². The molecule has 5 aliphatic rings. The average Bonchev–Trinajstić information content (AvgIpc) is 3.45. The van der Waals surface area contributed by atoms with E-state index in [0.717, 1.165) is 27.6 Å². The first-order valence-corrected chi connectivity index (χ1v) is 10.8. The maximum Gasteiger partial charge on any atom is 0.254 e. The molecule has 152 valence electrons. The van der Waals surface area contributed by atoms with Crippen LogP contribution in [0.2, 0.25) is 0 Å². The van der Waals surface area contributed by atoms with Gasteiger partial charge in [-0.05, 0) is 74.6 Å².